The zero-order valence-corrected chi connectivity index (χ0v) is 19.9. The molecule has 2 aromatic carbocycles. The number of anilines is 1. The lowest BCUT2D eigenvalue weighted by molar-refractivity contribution is 0.0535. The molecule has 0 N–H and O–H groups in total. The number of hydrogen-bond acceptors (Lipinski definition) is 5. The van der Waals surface area contributed by atoms with E-state index in [0.717, 1.165) is 16.8 Å². The summed E-state index contributed by atoms with van der Waals surface area (Å²) in [4.78, 5) is 36.2. The Hall–Kier alpha value is -3.23. The van der Waals surface area contributed by atoms with Crippen LogP contribution in [0, 0.1) is 5.82 Å². The third kappa shape index (κ3) is 4.43. The largest absolute Gasteiger partial charge is 0.347 e. The zero-order chi connectivity index (χ0) is 23.7. The smallest absolute Gasteiger partial charge is 0.264 e. The number of fused-ring (bicyclic) bond motifs is 1. The van der Waals surface area contributed by atoms with Gasteiger partial charge in [-0.2, -0.15) is 0 Å². The van der Waals surface area contributed by atoms with Crippen molar-refractivity contribution in [2.45, 2.75) is 6.54 Å². The van der Waals surface area contributed by atoms with Gasteiger partial charge in [-0.3, -0.25) is 14.6 Å². The molecule has 0 radical (unpaired) electrons. The van der Waals surface area contributed by atoms with E-state index >= 15 is 0 Å². The first-order chi connectivity index (χ1) is 16.5. The van der Waals surface area contributed by atoms with Crippen LogP contribution in [0.25, 0.3) is 0 Å². The van der Waals surface area contributed by atoms with E-state index in [1.807, 2.05) is 34.5 Å². The first kappa shape index (κ1) is 22.6. The number of piperazine rings is 1. The Kier molecular flexibility index (Phi) is 6.34. The molecule has 0 saturated carbocycles. The van der Waals surface area contributed by atoms with Gasteiger partial charge in [0.05, 0.1) is 15.5 Å². The minimum atomic E-state index is -0.550. The average Bonchev–Trinajstić information content (AvgIpc) is 3.40. The summed E-state index contributed by atoms with van der Waals surface area (Å²) in [5.41, 5.74) is 2.65. The van der Waals surface area contributed by atoms with Gasteiger partial charge in [0.15, 0.2) is 0 Å². The van der Waals surface area contributed by atoms with Crippen molar-refractivity contribution < 1.29 is 14.0 Å². The lowest BCUT2D eigenvalue weighted by Gasteiger charge is -2.34. The molecule has 0 spiro atoms. The number of hydrogen-bond donors (Lipinski definition) is 0. The summed E-state index contributed by atoms with van der Waals surface area (Å²) in [6.07, 6.45) is 1.76. The van der Waals surface area contributed by atoms with Crippen LogP contribution in [0.1, 0.15) is 31.2 Å². The van der Waals surface area contributed by atoms with E-state index in [1.165, 1.54) is 17.4 Å². The standard InChI is InChI=1S/C25H22ClFN4O2S/c26-20-3-1-4-22-19(20)14-28-16-31(22)15-17-6-7-21(27)18(13-17)24(32)29-8-10-30(11-9-29)25(33)23-5-2-12-34-23/h1-7,12-14H,8-11,15-16H2. The van der Waals surface area contributed by atoms with E-state index < -0.39 is 5.82 Å². The summed E-state index contributed by atoms with van der Waals surface area (Å²) < 4.78 is 14.7. The number of benzene rings is 2. The van der Waals surface area contributed by atoms with Crippen molar-refractivity contribution >= 4 is 46.7 Å². The minimum absolute atomic E-state index is 0.0279. The Morgan fingerprint density at radius 1 is 1.00 bits per heavy atom. The molecule has 1 saturated heterocycles. The van der Waals surface area contributed by atoms with Gasteiger partial charge in [0.25, 0.3) is 11.8 Å². The molecule has 34 heavy (non-hydrogen) atoms. The summed E-state index contributed by atoms with van der Waals surface area (Å²) in [7, 11) is 0. The molecule has 3 aromatic rings. The normalized spacial score (nSPS) is 15.4. The maximum absolute atomic E-state index is 14.7. The highest BCUT2D eigenvalue weighted by Gasteiger charge is 2.27. The molecule has 6 nitrogen and oxygen atoms in total. The maximum atomic E-state index is 14.7. The predicted molar refractivity (Wildman–Crippen MR) is 133 cm³/mol. The van der Waals surface area contributed by atoms with Crippen LogP contribution in [0.4, 0.5) is 10.1 Å². The first-order valence-electron chi connectivity index (χ1n) is 10.9. The number of aliphatic imine (C=N–C) groups is 1. The summed E-state index contributed by atoms with van der Waals surface area (Å²) in [5.74, 6) is -0.937. The summed E-state index contributed by atoms with van der Waals surface area (Å²) >= 11 is 7.70. The van der Waals surface area contributed by atoms with Gasteiger partial charge in [0.1, 0.15) is 12.5 Å². The number of rotatable bonds is 4. The number of amides is 2. The number of halogens is 2. The van der Waals surface area contributed by atoms with Crippen molar-refractivity contribution in [3.05, 3.63) is 86.3 Å². The molecule has 1 fully saturated rings. The Labute approximate surface area is 205 Å². The first-order valence-corrected chi connectivity index (χ1v) is 12.2. The van der Waals surface area contributed by atoms with Crippen LogP contribution in [0.3, 0.4) is 0 Å². The molecule has 2 aliphatic rings. The molecule has 2 aliphatic heterocycles. The Balaban J connectivity index is 1.28. The molecular weight excluding hydrogens is 475 g/mol. The fourth-order valence-electron chi connectivity index (χ4n) is 4.27. The van der Waals surface area contributed by atoms with Crippen molar-refractivity contribution in [3.63, 3.8) is 0 Å². The molecule has 0 unspecified atom stereocenters. The molecule has 174 valence electrons. The van der Waals surface area contributed by atoms with Gasteiger partial charge in [0, 0.05) is 50.2 Å². The van der Waals surface area contributed by atoms with Crippen LogP contribution in [-0.2, 0) is 6.54 Å². The van der Waals surface area contributed by atoms with Gasteiger partial charge >= 0.3 is 0 Å². The maximum Gasteiger partial charge on any atom is 0.264 e. The molecule has 2 amide bonds. The molecular formula is C25H22ClFN4O2S. The van der Waals surface area contributed by atoms with E-state index in [4.69, 9.17) is 11.6 Å². The minimum Gasteiger partial charge on any atom is -0.347 e. The second-order valence-corrected chi connectivity index (χ2v) is 9.55. The lowest BCUT2D eigenvalue weighted by Crippen LogP contribution is -2.50. The van der Waals surface area contributed by atoms with Crippen molar-refractivity contribution in [2.75, 3.05) is 37.7 Å². The van der Waals surface area contributed by atoms with Gasteiger partial charge in [-0.1, -0.05) is 29.8 Å². The second kappa shape index (κ2) is 9.56. The number of nitrogens with zero attached hydrogens (tertiary/aromatic N) is 4. The molecule has 0 aliphatic carbocycles. The van der Waals surface area contributed by atoms with E-state index in [1.54, 1.807) is 34.2 Å². The number of carbonyl (C=O) groups excluding carboxylic acids is 2. The fourth-order valence-corrected chi connectivity index (χ4v) is 5.17. The van der Waals surface area contributed by atoms with Crippen molar-refractivity contribution in [3.8, 4) is 0 Å². The molecule has 5 rings (SSSR count). The van der Waals surface area contributed by atoms with E-state index in [9.17, 15) is 14.0 Å². The number of carbonyl (C=O) groups is 2. The van der Waals surface area contributed by atoms with Crippen molar-refractivity contribution in [2.24, 2.45) is 4.99 Å². The van der Waals surface area contributed by atoms with Crippen LogP contribution in [0.15, 0.2) is 58.9 Å². The Morgan fingerprint density at radius 3 is 2.50 bits per heavy atom. The van der Waals surface area contributed by atoms with Gasteiger partial charge in [-0.05, 0) is 41.3 Å². The molecule has 1 aromatic heterocycles. The second-order valence-electron chi connectivity index (χ2n) is 8.20. The zero-order valence-electron chi connectivity index (χ0n) is 18.3. The van der Waals surface area contributed by atoms with Crippen LogP contribution in [0.2, 0.25) is 5.02 Å². The van der Waals surface area contributed by atoms with Gasteiger partial charge in [0.2, 0.25) is 0 Å². The van der Waals surface area contributed by atoms with Crippen LogP contribution in [0.5, 0.6) is 0 Å². The molecule has 9 heteroatoms. The highest BCUT2D eigenvalue weighted by molar-refractivity contribution is 7.12. The Morgan fingerprint density at radius 2 is 1.76 bits per heavy atom. The highest BCUT2D eigenvalue weighted by Crippen LogP contribution is 2.30. The monoisotopic (exact) mass is 496 g/mol. The lowest BCUT2D eigenvalue weighted by atomic mass is 10.1. The van der Waals surface area contributed by atoms with Crippen LogP contribution >= 0.6 is 22.9 Å². The summed E-state index contributed by atoms with van der Waals surface area (Å²) in [5, 5.41) is 2.49. The third-order valence-corrected chi connectivity index (χ3v) is 7.25. The molecule has 0 bridgehead atoms. The van der Waals surface area contributed by atoms with Gasteiger partial charge < -0.3 is 14.7 Å². The fraction of sp³-hybridized carbons (Fsp3) is 0.240. The van der Waals surface area contributed by atoms with E-state index in [0.29, 0.717) is 49.3 Å². The van der Waals surface area contributed by atoms with Crippen molar-refractivity contribution in [1.82, 2.24) is 9.80 Å². The predicted octanol–water partition coefficient (Wildman–Crippen LogP) is 4.54. The highest BCUT2D eigenvalue weighted by atomic mass is 35.5. The quantitative estimate of drug-likeness (QED) is 0.533. The SMILES string of the molecule is O=C(c1cccs1)N1CCN(C(=O)c2cc(CN3CN=Cc4c(Cl)cccc43)ccc2F)CC1. The number of thiophene rings is 1. The summed E-state index contributed by atoms with van der Waals surface area (Å²) in [6, 6.07) is 14.0. The van der Waals surface area contributed by atoms with Crippen LogP contribution in [-0.4, -0.2) is 60.7 Å². The molecule has 0 atom stereocenters. The third-order valence-electron chi connectivity index (χ3n) is 6.06. The Bertz CT molecular complexity index is 1260. The van der Waals surface area contributed by atoms with E-state index in [-0.39, 0.29) is 17.4 Å². The van der Waals surface area contributed by atoms with Crippen LogP contribution < -0.4 is 4.90 Å². The molecule has 3 heterocycles. The van der Waals surface area contributed by atoms with Gasteiger partial charge in [-0.25, -0.2) is 4.39 Å². The topological polar surface area (TPSA) is 56.2 Å². The summed E-state index contributed by atoms with van der Waals surface area (Å²) in [6.45, 7) is 2.50. The van der Waals surface area contributed by atoms with Gasteiger partial charge in [-0.15, -0.1) is 11.3 Å². The average molecular weight is 497 g/mol. The van der Waals surface area contributed by atoms with Crippen molar-refractivity contribution in [1.29, 1.82) is 0 Å². The van der Waals surface area contributed by atoms with E-state index in [2.05, 4.69) is 4.99 Å².